The summed E-state index contributed by atoms with van der Waals surface area (Å²) in [6, 6.07) is 2.26. The molecule has 0 radical (unpaired) electrons. The second-order valence-corrected chi connectivity index (χ2v) is 4.69. The van der Waals surface area contributed by atoms with E-state index in [4.69, 9.17) is 5.73 Å². The fourth-order valence-electron chi connectivity index (χ4n) is 1.89. The predicted molar refractivity (Wildman–Crippen MR) is 72.9 cm³/mol. The second kappa shape index (κ2) is 8.20. The standard InChI is InChI=1S/C14H25N3/c1-3-4-8-17(2)12-14-9-13(6-5-7-15)10-16-11-14/h9-11H,3-8,12,15H2,1-2H3. The molecule has 0 atom stereocenters. The first kappa shape index (κ1) is 14.1. The summed E-state index contributed by atoms with van der Waals surface area (Å²) in [6.07, 6.45) is 8.50. The van der Waals surface area contributed by atoms with Crippen LogP contribution in [0, 0.1) is 0 Å². The summed E-state index contributed by atoms with van der Waals surface area (Å²) in [7, 11) is 2.17. The number of nitrogens with zero attached hydrogens (tertiary/aromatic N) is 2. The van der Waals surface area contributed by atoms with E-state index in [0.29, 0.717) is 0 Å². The molecular formula is C14H25N3. The number of nitrogens with two attached hydrogens (primary N) is 1. The number of aryl methyl sites for hydroxylation is 1. The van der Waals surface area contributed by atoms with Gasteiger partial charge in [-0.2, -0.15) is 0 Å². The lowest BCUT2D eigenvalue weighted by molar-refractivity contribution is 0.320. The summed E-state index contributed by atoms with van der Waals surface area (Å²) in [5.41, 5.74) is 8.13. The Hall–Kier alpha value is -0.930. The molecule has 3 heteroatoms. The summed E-state index contributed by atoms with van der Waals surface area (Å²) in [5, 5.41) is 0. The Morgan fingerprint density at radius 2 is 2.00 bits per heavy atom. The third kappa shape index (κ3) is 5.80. The maximum absolute atomic E-state index is 5.52. The minimum atomic E-state index is 0.751. The first-order valence-corrected chi connectivity index (χ1v) is 6.57. The van der Waals surface area contributed by atoms with Crippen molar-refractivity contribution in [1.82, 2.24) is 9.88 Å². The Morgan fingerprint density at radius 3 is 2.71 bits per heavy atom. The average Bonchev–Trinajstić information content (AvgIpc) is 2.34. The molecule has 0 unspecified atom stereocenters. The molecule has 0 saturated carbocycles. The van der Waals surface area contributed by atoms with Gasteiger partial charge >= 0.3 is 0 Å². The smallest absolute Gasteiger partial charge is 0.0313 e. The highest BCUT2D eigenvalue weighted by molar-refractivity contribution is 5.18. The van der Waals surface area contributed by atoms with Gasteiger partial charge in [-0.25, -0.2) is 0 Å². The van der Waals surface area contributed by atoms with Crippen molar-refractivity contribution in [3.63, 3.8) is 0 Å². The SMILES string of the molecule is CCCCN(C)Cc1cncc(CCCN)c1. The van der Waals surface area contributed by atoms with Crippen molar-refractivity contribution < 1.29 is 0 Å². The zero-order valence-electron chi connectivity index (χ0n) is 11.2. The van der Waals surface area contributed by atoms with Crippen LogP contribution in [0.4, 0.5) is 0 Å². The summed E-state index contributed by atoms with van der Waals surface area (Å²) in [4.78, 5) is 6.66. The van der Waals surface area contributed by atoms with E-state index in [9.17, 15) is 0 Å². The van der Waals surface area contributed by atoms with Crippen molar-refractivity contribution in [3.05, 3.63) is 29.6 Å². The van der Waals surface area contributed by atoms with E-state index in [1.54, 1.807) is 0 Å². The maximum Gasteiger partial charge on any atom is 0.0313 e. The van der Waals surface area contributed by atoms with Crippen molar-refractivity contribution in [3.8, 4) is 0 Å². The zero-order valence-corrected chi connectivity index (χ0v) is 11.2. The molecule has 96 valence electrons. The van der Waals surface area contributed by atoms with Crippen LogP contribution in [0.25, 0.3) is 0 Å². The summed E-state index contributed by atoms with van der Waals surface area (Å²) in [5.74, 6) is 0. The molecule has 1 rings (SSSR count). The second-order valence-electron chi connectivity index (χ2n) is 4.69. The Bertz CT molecular complexity index is 312. The van der Waals surface area contributed by atoms with E-state index in [1.165, 1.54) is 24.0 Å². The van der Waals surface area contributed by atoms with Crippen LogP contribution in [0.3, 0.4) is 0 Å². The van der Waals surface area contributed by atoms with Crippen LogP contribution in [-0.2, 0) is 13.0 Å². The number of rotatable bonds is 8. The van der Waals surface area contributed by atoms with Gasteiger partial charge in [0.1, 0.15) is 0 Å². The minimum Gasteiger partial charge on any atom is -0.330 e. The van der Waals surface area contributed by atoms with Gasteiger partial charge in [0.05, 0.1) is 0 Å². The molecule has 0 aromatic carbocycles. The maximum atomic E-state index is 5.52. The number of pyridine rings is 1. The number of hydrogen-bond acceptors (Lipinski definition) is 3. The number of unbranched alkanes of at least 4 members (excludes halogenated alkanes) is 1. The van der Waals surface area contributed by atoms with Crippen molar-refractivity contribution in [2.24, 2.45) is 5.73 Å². The molecule has 0 aliphatic rings. The third-order valence-electron chi connectivity index (χ3n) is 2.87. The van der Waals surface area contributed by atoms with Crippen LogP contribution in [0.15, 0.2) is 18.5 Å². The quantitative estimate of drug-likeness (QED) is 0.751. The highest BCUT2D eigenvalue weighted by atomic mass is 15.1. The lowest BCUT2D eigenvalue weighted by Gasteiger charge is -2.16. The normalized spacial score (nSPS) is 11.1. The topological polar surface area (TPSA) is 42.2 Å². The number of hydrogen-bond donors (Lipinski definition) is 1. The summed E-state index contributed by atoms with van der Waals surface area (Å²) in [6.45, 7) is 5.12. The molecule has 17 heavy (non-hydrogen) atoms. The fourth-order valence-corrected chi connectivity index (χ4v) is 1.89. The fraction of sp³-hybridized carbons (Fsp3) is 0.643. The zero-order chi connectivity index (χ0) is 12.5. The van der Waals surface area contributed by atoms with E-state index in [2.05, 4.69) is 29.9 Å². The average molecular weight is 235 g/mol. The molecule has 0 amide bonds. The first-order chi connectivity index (χ1) is 8.26. The number of aromatic nitrogens is 1. The first-order valence-electron chi connectivity index (χ1n) is 6.57. The van der Waals surface area contributed by atoms with E-state index >= 15 is 0 Å². The van der Waals surface area contributed by atoms with Crippen LogP contribution < -0.4 is 5.73 Å². The Labute approximate surface area is 105 Å². The Kier molecular flexibility index (Phi) is 6.82. The van der Waals surface area contributed by atoms with E-state index < -0.39 is 0 Å². The molecule has 0 aliphatic heterocycles. The van der Waals surface area contributed by atoms with Crippen molar-refractivity contribution in [2.45, 2.75) is 39.2 Å². The molecule has 0 spiro atoms. The third-order valence-corrected chi connectivity index (χ3v) is 2.87. The summed E-state index contributed by atoms with van der Waals surface area (Å²) < 4.78 is 0. The molecule has 2 N–H and O–H groups in total. The van der Waals surface area contributed by atoms with Crippen LogP contribution in [0.1, 0.15) is 37.3 Å². The van der Waals surface area contributed by atoms with Crippen molar-refractivity contribution >= 4 is 0 Å². The monoisotopic (exact) mass is 235 g/mol. The van der Waals surface area contributed by atoms with Crippen LogP contribution in [0.2, 0.25) is 0 Å². The predicted octanol–water partition coefficient (Wildman–Crippen LogP) is 2.20. The minimum absolute atomic E-state index is 0.751. The highest BCUT2D eigenvalue weighted by Gasteiger charge is 2.01. The molecule has 1 aromatic rings. The highest BCUT2D eigenvalue weighted by Crippen LogP contribution is 2.08. The Balaban J connectivity index is 2.47. The van der Waals surface area contributed by atoms with Crippen molar-refractivity contribution in [1.29, 1.82) is 0 Å². The molecule has 3 nitrogen and oxygen atoms in total. The molecule has 0 aliphatic carbocycles. The Morgan fingerprint density at radius 1 is 1.24 bits per heavy atom. The van der Waals surface area contributed by atoms with Crippen LogP contribution >= 0.6 is 0 Å². The lowest BCUT2D eigenvalue weighted by Crippen LogP contribution is -2.19. The van der Waals surface area contributed by atoms with E-state index in [-0.39, 0.29) is 0 Å². The summed E-state index contributed by atoms with van der Waals surface area (Å²) >= 11 is 0. The van der Waals surface area contributed by atoms with Gasteiger partial charge < -0.3 is 10.6 Å². The molecule has 0 bridgehead atoms. The van der Waals surface area contributed by atoms with Gasteiger partial charge in [-0.05, 0) is 50.5 Å². The van der Waals surface area contributed by atoms with Crippen LogP contribution in [0.5, 0.6) is 0 Å². The molecular weight excluding hydrogens is 210 g/mol. The van der Waals surface area contributed by atoms with E-state index in [1.807, 2.05) is 12.4 Å². The van der Waals surface area contributed by atoms with Crippen molar-refractivity contribution in [2.75, 3.05) is 20.1 Å². The van der Waals surface area contributed by atoms with E-state index in [0.717, 1.165) is 32.5 Å². The van der Waals surface area contributed by atoms with Gasteiger partial charge in [0.2, 0.25) is 0 Å². The van der Waals surface area contributed by atoms with Gasteiger partial charge in [-0.1, -0.05) is 19.4 Å². The molecule has 0 fully saturated rings. The van der Waals surface area contributed by atoms with Crippen LogP contribution in [-0.4, -0.2) is 30.0 Å². The largest absolute Gasteiger partial charge is 0.330 e. The van der Waals surface area contributed by atoms with Gasteiger partial charge in [0.15, 0.2) is 0 Å². The molecule has 0 saturated heterocycles. The van der Waals surface area contributed by atoms with Gasteiger partial charge in [0.25, 0.3) is 0 Å². The van der Waals surface area contributed by atoms with Gasteiger partial charge in [-0.3, -0.25) is 4.98 Å². The van der Waals surface area contributed by atoms with Gasteiger partial charge in [-0.15, -0.1) is 0 Å². The molecule has 1 heterocycles. The lowest BCUT2D eigenvalue weighted by atomic mass is 10.1. The van der Waals surface area contributed by atoms with Gasteiger partial charge in [0, 0.05) is 18.9 Å². The molecule has 1 aromatic heterocycles.